The average molecular weight is 167 g/mol. The van der Waals surface area contributed by atoms with Gasteiger partial charge >= 0.3 is 0 Å². The Morgan fingerprint density at radius 3 is 2.67 bits per heavy atom. The summed E-state index contributed by atoms with van der Waals surface area (Å²) < 4.78 is 0. The zero-order chi connectivity index (χ0) is 9.40. The predicted octanol–water partition coefficient (Wildman–Crippen LogP) is 3.60. The fourth-order valence-electron chi connectivity index (χ4n) is 0.991. The van der Waals surface area contributed by atoms with Crippen molar-refractivity contribution in [3.8, 4) is 0 Å². The molecule has 0 radical (unpaired) electrons. The minimum Gasteiger partial charge on any atom is -0.291 e. The molecule has 1 heteroatoms. The molecule has 0 spiro atoms. The summed E-state index contributed by atoms with van der Waals surface area (Å²) in [6.07, 6.45) is 7.66. The Bertz CT molecular complexity index is 156. The molecule has 1 atom stereocenters. The Morgan fingerprint density at radius 1 is 1.50 bits per heavy atom. The van der Waals surface area contributed by atoms with E-state index in [0.717, 1.165) is 19.3 Å². The molecule has 0 rings (SSSR count). The molecule has 0 saturated carbocycles. The summed E-state index contributed by atoms with van der Waals surface area (Å²) in [4.78, 5) is 4.55. The molecule has 1 unspecified atom stereocenters. The van der Waals surface area contributed by atoms with Gasteiger partial charge < -0.3 is 0 Å². The normalized spacial score (nSPS) is 15.5. The molecule has 70 valence electrons. The van der Waals surface area contributed by atoms with Crippen LogP contribution in [0, 0.1) is 0 Å². The van der Waals surface area contributed by atoms with E-state index in [1.165, 1.54) is 5.71 Å². The largest absolute Gasteiger partial charge is 0.291 e. The van der Waals surface area contributed by atoms with Gasteiger partial charge in [0.05, 0.1) is 0 Å². The Morgan fingerprint density at radius 2 is 2.17 bits per heavy atom. The maximum absolute atomic E-state index is 4.55. The SMILES string of the molecule is C/C=C\CC/C(C)=N/C(C)CC. The van der Waals surface area contributed by atoms with Gasteiger partial charge in [-0.1, -0.05) is 19.1 Å². The molecule has 0 aromatic rings. The number of rotatable bonds is 5. The van der Waals surface area contributed by atoms with Crippen LogP contribution in [0.2, 0.25) is 0 Å². The van der Waals surface area contributed by atoms with Crippen molar-refractivity contribution in [1.82, 2.24) is 0 Å². The van der Waals surface area contributed by atoms with Gasteiger partial charge in [0, 0.05) is 11.8 Å². The quantitative estimate of drug-likeness (QED) is 0.438. The molecule has 0 amide bonds. The first-order chi connectivity index (χ1) is 5.70. The van der Waals surface area contributed by atoms with Gasteiger partial charge in [0.25, 0.3) is 0 Å². The fourth-order valence-corrected chi connectivity index (χ4v) is 0.991. The summed E-state index contributed by atoms with van der Waals surface area (Å²) in [6, 6.07) is 0.496. The second kappa shape index (κ2) is 7.08. The number of hydrogen-bond acceptors (Lipinski definition) is 1. The lowest BCUT2D eigenvalue weighted by Crippen LogP contribution is -2.00. The van der Waals surface area contributed by atoms with E-state index in [-0.39, 0.29) is 0 Å². The molecule has 0 saturated heterocycles. The molecule has 0 aromatic carbocycles. The van der Waals surface area contributed by atoms with Crippen molar-refractivity contribution in [1.29, 1.82) is 0 Å². The summed E-state index contributed by atoms with van der Waals surface area (Å²) in [6.45, 7) is 8.52. The van der Waals surface area contributed by atoms with Gasteiger partial charge in [-0.2, -0.15) is 0 Å². The number of hydrogen-bond donors (Lipinski definition) is 0. The zero-order valence-corrected chi connectivity index (χ0v) is 8.80. The van der Waals surface area contributed by atoms with Crippen LogP contribution in [0.4, 0.5) is 0 Å². The summed E-state index contributed by atoms with van der Waals surface area (Å²) >= 11 is 0. The third-order valence-corrected chi connectivity index (χ3v) is 1.94. The van der Waals surface area contributed by atoms with Gasteiger partial charge in [0.15, 0.2) is 0 Å². The van der Waals surface area contributed by atoms with E-state index in [1.807, 2.05) is 0 Å². The average Bonchev–Trinajstić information content (AvgIpc) is 2.05. The number of aliphatic imine (C=N–C) groups is 1. The Hall–Kier alpha value is -0.590. The van der Waals surface area contributed by atoms with Crippen LogP contribution < -0.4 is 0 Å². The lowest BCUT2D eigenvalue weighted by molar-refractivity contribution is 0.713. The van der Waals surface area contributed by atoms with Crippen molar-refractivity contribution >= 4 is 5.71 Å². The standard InChI is InChI=1S/C11H21N/c1-5-7-8-9-11(4)12-10(3)6-2/h5,7,10H,6,8-9H2,1-4H3/b7-5-,12-11+. The minimum absolute atomic E-state index is 0.496. The maximum atomic E-state index is 4.55. The van der Waals surface area contributed by atoms with Crippen molar-refractivity contribution in [2.24, 2.45) is 4.99 Å². The van der Waals surface area contributed by atoms with Crippen molar-refractivity contribution in [3.05, 3.63) is 12.2 Å². The summed E-state index contributed by atoms with van der Waals surface area (Å²) in [5.74, 6) is 0. The van der Waals surface area contributed by atoms with E-state index in [9.17, 15) is 0 Å². The van der Waals surface area contributed by atoms with E-state index in [2.05, 4.69) is 44.8 Å². The van der Waals surface area contributed by atoms with Gasteiger partial charge in [-0.15, -0.1) is 0 Å². The smallest absolute Gasteiger partial charge is 0.0468 e. The first-order valence-electron chi connectivity index (χ1n) is 4.85. The van der Waals surface area contributed by atoms with Gasteiger partial charge in [0.1, 0.15) is 0 Å². The molecule has 1 nitrogen and oxygen atoms in total. The predicted molar refractivity (Wildman–Crippen MR) is 56.9 cm³/mol. The van der Waals surface area contributed by atoms with Crippen molar-refractivity contribution in [2.75, 3.05) is 0 Å². The van der Waals surface area contributed by atoms with Crippen molar-refractivity contribution in [2.45, 2.75) is 53.0 Å². The van der Waals surface area contributed by atoms with Crippen LogP contribution >= 0.6 is 0 Å². The van der Waals surface area contributed by atoms with Gasteiger partial charge in [0.2, 0.25) is 0 Å². The molecule has 0 N–H and O–H groups in total. The molecular weight excluding hydrogens is 146 g/mol. The second-order valence-electron chi connectivity index (χ2n) is 3.23. The molecule has 0 heterocycles. The first-order valence-corrected chi connectivity index (χ1v) is 4.85. The highest BCUT2D eigenvalue weighted by molar-refractivity contribution is 5.82. The number of allylic oxidation sites excluding steroid dienone is 2. The summed E-state index contributed by atoms with van der Waals surface area (Å²) in [5.41, 5.74) is 1.28. The highest BCUT2D eigenvalue weighted by atomic mass is 14.8. The number of nitrogens with zero attached hydrogens (tertiary/aromatic N) is 1. The highest BCUT2D eigenvalue weighted by Crippen LogP contribution is 2.00. The van der Waals surface area contributed by atoms with Crippen molar-refractivity contribution < 1.29 is 0 Å². The van der Waals surface area contributed by atoms with Crippen LogP contribution in [0.25, 0.3) is 0 Å². The first kappa shape index (κ1) is 11.4. The van der Waals surface area contributed by atoms with Crippen LogP contribution in [0.15, 0.2) is 17.1 Å². The highest BCUT2D eigenvalue weighted by Gasteiger charge is 1.95. The van der Waals surface area contributed by atoms with E-state index in [1.54, 1.807) is 0 Å². The molecule has 0 fully saturated rings. The Kier molecular flexibility index (Phi) is 6.73. The fraction of sp³-hybridized carbons (Fsp3) is 0.727. The van der Waals surface area contributed by atoms with Gasteiger partial charge in [-0.25, -0.2) is 0 Å². The second-order valence-corrected chi connectivity index (χ2v) is 3.23. The van der Waals surface area contributed by atoms with Crippen LogP contribution in [0.5, 0.6) is 0 Å². The molecule has 0 aliphatic carbocycles. The Labute approximate surface area is 76.6 Å². The van der Waals surface area contributed by atoms with E-state index in [4.69, 9.17) is 0 Å². The van der Waals surface area contributed by atoms with E-state index in [0.29, 0.717) is 6.04 Å². The Balaban J connectivity index is 3.69. The van der Waals surface area contributed by atoms with E-state index < -0.39 is 0 Å². The van der Waals surface area contributed by atoms with Gasteiger partial charge in [-0.05, 0) is 40.0 Å². The van der Waals surface area contributed by atoms with Gasteiger partial charge in [-0.3, -0.25) is 4.99 Å². The zero-order valence-electron chi connectivity index (χ0n) is 8.80. The van der Waals surface area contributed by atoms with Crippen LogP contribution in [-0.2, 0) is 0 Å². The molecule has 12 heavy (non-hydrogen) atoms. The van der Waals surface area contributed by atoms with Crippen LogP contribution in [0.3, 0.4) is 0 Å². The third-order valence-electron chi connectivity index (χ3n) is 1.94. The molecule has 0 aromatic heterocycles. The molecule has 0 aliphatic rings. The molecule has 0 aliphatic heterocycles. The lowest BCUT2D eigenvalue weighted by Gasteiger charge is -2.03. The summed E-state index contributed by atoms with van der Waals surface area (Å²) in [5, 5.41) is 0. The molecule has 0 bridgehead atoms. The monoisotopic (exact) mass is 167 g/mol. The minimum atomic E-state index is 0.496. The maximum Gasteiger partial charge on any atom is 0.0468 e. The summed E-state index contributed by atoms with van der Waals surface area (Å²) in [7, 11) is 0. The van der Waals surface area contributed by atoms with E-state index >= 15 is 0 Å². The molecular formula is C11H21N. The third kappa shape index (κ3) is 6.14. The van der Waals surface area contributed by atoms with Crippen LogP contribution in [-0.4, -0.2) is 11.8 Å². The lowest BCUT2D eigenvalue weighted by atomic mass is 10.2. The van der Waals surface area contributed by atoms with Crippen LogP contribution in [0.1, 0.15) is 47.0 Å². The van der Waals surface area contributed by atoms with Crippen molar-refractivity contribution in [3.63, 3.8) is 0 Å². The topological polar surface area (TPSA) is 12.4 Å².